The van der Waals surface area contributed by atoms with Crippen LogP contribution in [0.1, 0.15) is 16.5 Å². The first kappa shape index (κ1) is 14.1. The van der Waals surface area contributed by atoms with E-state index in [0.29, 0.717) is 17.0 Å². The van der Waals surface area contributed by atoms with Crippen molar-refractivity contribution in [3.63, 3.8) is 0 Å². The lowest BCUT2D eigenvalue weighted by atomic mass is 10.1. The molecule has 0 bridgehead atoms. The monoisotopic (exact) mass is 305 g/mol. The van der Waals surface area contributed by atoms with Gasteiger partial charge in [-0.25, -0.2) is 8.78 Å². The van der Waals surface area contributed by atoms with Crippen molar-refractivity contribution in [2.75, 3.05) is 10.7 Å². The van der Waals surface area contributed by atoms with Gasteiger partial charge >= 0.3 is 0 Å². The van der Waals surface area contributed by atoms with Crippen LogP contribution in [-0.2, 0) is 4.79 Å². The van der Waals surface area contributed by atoms with Gasteiger partial charge in [0, 0.05) is 5.56 Å². The quantitative estimate of drug-likeness (QED) is 0.834. The smallest absolute Gasteiger partial charge is 0.238 e. The van der Waals surface area contributed by atoms with Gasteiger partial charge in [-0.15, -0.1) is 11.8 Å². The Hall–Kier alpha value is -1.88. The number of nitrogens with zero attached hydrogens (tertiary/aromatic N) is 1. The van der Waals surface area contributed by atoms with Gasteiger partial charge in [0.05, 0.1) is 11.4 Å². The summed E-state index contributed by atoms with van der Waals surface area (Å²) in [5.41, 5.74) is 1.84. The third kappa shape index (κ3) is 2.53. The zero-order valence-electron chi connectivity index (χ0n) is 11.3. The summed E-state index contributed by atoms with van der Waals surface area (Å²) in [6.07, 6.45) is 0. The van der Waals surface area contributed by atoms with E-state index >= 15 is 0 Å². The van der Waals surface area contributed by atoms with E-state index < -0.39 is 0 Å². The van der Waals surface area contributed by atoms with E-state index in [9.17, 15) is 13.6 Å². The minimum atomic E-state index is -0.338. The summed E-state index contributed by atoms with van der Waals surface area (Å²) in [6.45, 7) is 1.66. The first-order chi connectivity index (χ1) is 10.1. The van der Waals surface area contributed by atoms with E-state index in [4.69, 9.17) is 0 Å². The summed E-state index contributed by atoms with van der Waals surface area (Å²) in [6, 6.07) is 10.8. The minimum Gasteiger partial charge on any atom is -0.295 e. The van der Waals surface area contributed by atoms with E-state index in [0.717, 1.165) is 5.56 Å². The molecule has 2 nitrogen and oxygen atoms in total. The van der Waals surface area contributed by atoms with Crippen LogP contribution in [-0.4, -0.2) is 11.7 Å². The van der Waals surface area contributed by atoms with E-state index in [-0.39, 0.29) is 22.9 Å². The molecule has 1 aliphatic rings. The molecule has 1 unspecified atom stereocenters. The molecule has 1 atom stereocenters. The highest BCUT2D eigenvalue weighted by Gasteiger charge is 2.35. The first-order valence-corrected chi connectivity index (χ1v) is 7.57. The second kappa shape index (κ2) is 5.48. The molecule has 2 aromatic carbocycles. The SMILES string of the molecule is Cc1c(F)cccc1N1C(=O)CSC1c1ccc(F)cc1. The highest BCUT2D eigenvalue weighted by molar-refractivity contribution is 8.00. The van der Waals surface area contributed by atoms with Gasteiger partial charge in [-0.2, -0.15) is 0 Å². The van der Waals surface area contributed by atoms with Gasteiger partial charge in [-0.1, -0.05) is 18.2 Å². The maximum absolute atomic E-state index is 13.7. The van der Waals surface area contributed by atoms with Crippen molar-refractivity contribution in [3.8, 4) is 0 Å². The molecule has 0 spiro atoms. The summed E-state index contributed by atoms with van der Waals surface area (Å²) in [7, 11) is 0. The van der Waals surface area contributed by atoms with Crippen molar-refractivity contribution >= 4 is 23.4 Å². The topological polar surface area (TPSA) is 20.3 Å². The molecule has 3 rings (SSSR count). The molecule has 1 aliphatic heterocycles. The average Bonchev–Trinajstić information content (AvgIpc) is 2.85. The molecule has 21 heavy (non-hydrogen) atoms. The van der Waals surface area contributed by atoms with Crippen LogP contribution in [0.3, 0.4) is 0 Å². The lowest BCUT2D eigenvalue weighted by Gasteiger charge is -2.26. The number of hydrogen-bond acceptors (Lipinski definition) is 2. The van der Waals surface area contributed by atoms with Gasteiger partial charge in [-0.3, -0.25) is 9.69 Å². The minimum absolute atomic E-state index is 0.0666. The van der Waals surface area contributed by atoms with Crippen LogP contribution >= 0.6 is 11.8 Å². The molecule has 0 radical (unpaired) electrons. The normalized spacial score (nSPS) is 18.3. The van der Waals surface area contributed by atoms with Gasteiger partial charge in [0.15, 0.2) is 0 Å². The number of halogens is 2. The molecule has 1 amide bonds. The summed E-state index contributed by atoms with van der Waals surface area (Å²) >= 11 is 1.46. The first-order valence-electron chi connectivity index (χ1n) is 6.52. The van der Waals surface area contributed by atoms with Gasteiger partial charge in [-0.05, 0) is 36.8 Å². The van der Waals surface area contributed by atoms with E-state index in [2.05, 4.69) is 0 Å². The van der Waals surface area contributed by atoms with Crippen LogP contribution < -0.4 is 4.90 Å². The standard InChI is InChI=1S/C16H13F2NOS/c1-10-13(18)3-2-4-14(10)19-15(20)9-21-16(19)11-5-7-12(17)8-6-11/h2-8,16H,9H2,1H3. The molecule has 1 heterocycles. The maximum atomic E-state index is 13.7. The van der Waals surface area contributed by atoms with Crippen molar-refractivity contribution in [1.29, 1.82) is 0 Å². The van der Waals surface area contributed by atoms with Crippen LogP contribution in [0.25, 0.3) is 0 Å². The van der Waals surface area contributed by atoms with Crippen LogP contribution in [0.4, 0.5) is 14.5 Å². The number of carbonyl (C=O) groups excluding carboxylic acids is 1. The molecule has 1 fully saturated rings. The average molecular weight is 305 g/mol. The highest BCUT2D eigenvalue weighted by Crippen LogP contribution is 2.42. The number of carbonyl (C=O) groups is 1. The lowest BCUT2D eigenvalue weighted by molar-refractivity contribution is -0.115. The molecular formula is C16H13F2NOS. The molecule has 108 valence electrons. The largest absolute Gasteiger partial charge is 0.295 e. The highest BCUT2D eigenvalue weighted by atomic mass is 32.2. The van der Waals surface area contributed by atoms with Gasteiger partial charge in [0.1, 0.15) is 17.0 Å². The Bertz CT molecular complexity index is 687. The van der Waals surface area contributed by atoms with E-state index in [1.165, 1.54) is 30.0 Å². The third-order valence-corrected chi connectivity index (χ3v) is 4.73. The fourth-order valence-corrected chi connectivity index (χ4v) is 3.58. The zero-order chi connectivity index (χ0) is 15.0. The Morgan fingerprint density at radius 3 is 2.57 bits per heavy atom. The van der Waals surface area contributed by atoms with E-state index in [1.807, 2.05) is 0 Å². The molecule has 0 aromatic heterocycles. The Morgan fingerprint density at radius 2 is 1.86 bits per heavy atom. The van der Waals surface area contributed by atoms with Crippen molar-refractivity contribution in [1.82, 2.24) is 0 Å². The molecule has 0 saturated carbocycles. The molecule has 2 aromatic rings. The molecule has 5 heteroatoms. The summed E-state index contributed by atoms with van der Waals surface area (Å²) in [5, 5.41) is -0.251. The third-order valence-electron chi connectivity index (χ3n) is 3.52. The summed E-state index contributed by atoms with van der Waals surface area (Å²) < 4.78 is 26.8. The number of hydrogen-bond donors (Lipinski definition) is 0. The second-order valence-electron chi connectivity index (χ2n) is 4.86. The van der Waals surface area contributed by atoms with Crippen LogP contribution in [0, 0.1) is 18.6 Å². The maximum Gasteiger partial charge on any atom is 0.238 e. The lowest BCUT2D eigenvalue weighted by Crippen LogP contribution is -2.28. The van der Waals surface area contributed by atoms with Crippen molar-refractivity contribution in [2.45, 2.75) is 12.3 Å². The van der Waals surface area contributed by atoms with Crippen molar-refractivity contribution in [2.24, 2.45) is 0 Å². The van der Waals surface area contributed by atoms with Gasteiger partial charge in [0.25, 0.3) is 0 Å². The number of rotatable bonds is 2. The van der Waals surface area contributed by atoms with E-state index in [1.54, 1.807) is 36.1 Å². The van der Waals surface area contributed by atoms with Crippen LogP contribution in [0.15, 0.2) is 42.5 Å². The van der Waals surface area contributed by atoms with Crippen LogP contribution in [0.5, 0.6) is 0 Å². The predicted octanol–water partition coefficient (Wildman–Crippen LogP) is 4.05. The number of benzene rings is 2. The molecule has 1 saturated heterocycles. The zero-order valence-corrected chi connectivity index (χ0v) is 12.2. The van der Waals surface area contributed by atoms with Crippen molar-refractivity contribution < 1.29 is 13.6 Å². The predicted molar refractivity (Wildman–Crippen MR) is 80.2 cm³/mol. The molecule has 0 N–H and O–H groups in total. The Kier molecular flexibility index (Phi) is 3.68. The van der Waals surface area contributed by atoms with Crippen LogP contribution in [0.2, 0.25) is 0 Å². The molecular weight excluding hydrogens is 292 g/mol. The fourth-order valence-electron chi connectivity index (χ4n) is 2.42. The Labute approximate surface area is 125 Å². The number of anilines is 1. The number of amides is 1. The summed E-state index contributed by atoms with van der Waals surface area (Å²) in [5.74, 6) is -0.391. The number of thioether (sulfide) groups is 1. The van der Waals surface area contributed by atoms with Crippen molar-refractivity contribution in [3.05, 3.63) is 65.2 Å². The molecule has 0 aliphatic carbocycles. The Morgan fingerprint density at radius 1 is 1.14 bits per heavy atom. The Balaban J connectivity index is 2.04. The van der Waals surface area contributed by atoms with Gasteiger partial charge < -0.3 is 0 Å². The summed E-state index contributed by atoms with van der Waals surface area (Å²) in [4.78, 5) is 13.8. The second-order valence-corrected chi connectivity index (χ2v) is 5.93. The van der Waals surface area contributed by atoms with Gasteiger partial charge in [0.2, 0.25) is 5.91 Å². The fraction of sp³-hybridized carbons (Fsp3) is 0.188.